The molecule has 3 heteroatoms. The van der Waals surface area contributed by atoms with Gasteiger partial charge in [0.1, 0.15) is 5.82 Å². The molecule has 1 heterocycles. The number of unbranched alkanes of at least 4 members (excludes halogenated alkanes) is 2. The predicted octanol–water partition coefficient (Wildman–Crippen LogP) is 2.13. The lowest BCUT2D eigenvalue weighted by molar-refractivity contribution is 0.589. The Morgan fingerprint density at radius 1 is 1.27 bits per heavy atom. The summed E-state index contributed by atoms with van der Waals surface area (Å²) in [6.45, 7) is 4.52. The topological polar surface area (TPSA) is 29.9 Å². The number of aryl methyl sites for hydroxylation is 2. The second kappa shape index (κ2) is 7.46. The van der Waals surface area contributed by atoms with Crippen LogP contribution < -0.4 is 5.32 Å². The standard InChI is InChI=1S/C12H23N3/c1-3-8-13-9-6-4-5-7-12-14-10-11-15(12)2/h10-11,13H,3-9H2,1-2H3. The molecule has 86 valence electrons. The van der Waals surface area contributed by atoms with Gasteiger partial charge in [-0.3, -0.25) is 0 Å². The van der Waals surface area contributed by atoms with E-state index in [0.29, 0.717) is 0 Å². The number of nitrogens with zero attached hydrogens (tertiary/aromatic N) is 2. The van der Waals surface area contributed by atoms with Gasteiger partial charge in [-0.05, 0) is 32.4 Å². The van der Waals surface area contributed by atoms with E-state index in [-0.39, 0.29) is 0 Å². The quantitative estimate of drug-likeness (QED) is 0.665. The van der Waals surface area contributed by atoms with Gasteiger partial charge in [0.2, 0.25) is 0 Å². The van der Waals surface area contributed by atoms with E-state index >= 15 is 0 Å². The summed E-state index contributed by atoms with van der Waals surface area (Å²) < 4.78 is 2.11. The van der Waals surface area contributed by atoms with Crippen LogP contribution in [-0.4, -0.2) is 22.6 Å². The van der Waals surface area contributed by atoms with Crippen molar-refractivity contribution in [3.63, 3.8) is 0 Å². The smallest absolute Gasteiger partial charge is 0.108 e. The number of imidazole rings is 1. The summed E-state index contributed by atoms with van der Waals surface area (Å²) in [5.41, 5.74) is 0. The fraction of sp³-hybridized carbons (Fsp3) is 0.750. The highest BCUT2D eigenvalue weighted by atomic mass is 15.0. The van der Waals surface area contributed by atoms with Crippen molar-refractivity contribution in [1.29, 1.82) is 0 Å². The molecule has 0 fully saturated rings. The molecule has 0 amide bonds. The van der Waals surface area contributed by atoms with Crippen LogP contribution in [0.1, 0.15) is 38.4 Å². The minimum absolute atomic E-state index is 1.11. The first kappa shape index (κ1) is 12.2. The van der Waals surface area contributed by atoms with Crippen LogP contribution in [0.5, 0.6) is 0 Å². The van der Waals surface area contributed by atoms with Crippen molar-refractivity contribution in [2.45, 2.75) is 39.0 Å². The van der Waals surface area contributed by atoms with Crippen molar-refractivity contribution < 1.29 is 0 Å². The SMILES string of the molecule is CCCNCCCCCc1nccn1C. The minimum atomic E-state index is 1.11. The zero-order valence-electron chi connectivity index (χ0n) is 10.00. The molecule has 1 N–H and O–H groups in total. The van der Waals surface area contributed by atoms with Crippen molar-refractivity contribution in [2.24, 2.45) is 7.05 Å². The zero-order valence-corrected chi connectivity index (χ0v) is 10.00. The minimum Gasteiger partial charge on any atom is -0.338 e. The van der Waals surface area contributed by atoms with Crippen LogP contribution in [0.3, 0.4) is 0 Å². The monoisotopic (exact) mass is 209 g/mol. The molecule has 0 aliphatic heterocycles. The molecule has 0 unspecified atom stereocenters. The molecule has 1 aromatic rings. The maximum absolute atomic E-state index is 4.31. The Kier molecular flexibility index (Phi) is 6.09. The van der Waals surface area contributed by atoms with Gasteiger partial charge >= 0.3 is 0 Å². The lowest BCUT2D eigenvalue weighted by atomic mass is 10.2. The Morgan fingerprint density at radius 2 is 2.13 bits per heavy atom. The summed E-state index contributed by atoms with van der Waals surface area (Å²) in [7, 11) is 2.06. The Labute approximate surface area is 92.9 Å². The number of rotatable bonds is 8. The van der Waals surface area contributed by atoms with Crippen LogP contribution in [-0.2, 0) is 13.5 Å². The lowest BCUT2D eigenvalue weighted by Crippen LogP contribution is -2.15. The molecule has 0 atom stereocenters. The van der Waals surface area contributed by atoms with Gasteiger partial charge in [-0.25, -0.2) is 4.98 Å². The molecular formula is C12H23N3. The average Bonchev–Trinajstić information content (AvgIpc) is 2.63. The normalized spacial score (nSPS) is 10.8. The molecule has 0 spiro atoms. The molecule has 1 rings (SSSR count). The maximum Gasteiger partial charge on any atom is 0.108 e. The van der Waals surface area contributed by atoms with Gasteiger partial charge in [0.15, 0.2) is 0 Å². The highest BCUT2D eigenvalue weighted by Gasteiger charge is 1.98. The molecule has 0 saturated heterocycles. The maximum atomic E-state index is 4.31. The zero-order chi connectivity index (χ0) is 10.9. The summed E-state index contributed by atoms with van der Waals surface area (Å²) in [5.74, 6) is 1.21. The van der Waals surface area contributed by atoms with Gasteiger partial charge < -0.3 is 9.88 Å². The molecule has 0 radical (unpaired) electrons. The van der Waals surface area contributed by atoms with Crippen molar-refractivity contribution in [3.05, 3.63) is 18.2 Å². The molecule has 0 aliphatic rings. The van der Waals surface area contributed by atoms with Gasteiger partial charge in [-0.15, -0.1) is 0 Å². The van der Waals surface area contributed by atoms with E-state index < -0.39 is 0 Å². The highest BCUT2D eigenvalue weighted by Crippen LogP contribution is 2.03. The Balaban J connectivity index is 1.96. The first-order valence-corrected chi connectivity index (χ1v) is 6.01. The summed E-state index contributed by atoms with van der Waals surface area (Å²) in [6, 6.07) is 0. The first-order valence-electron chi connectivity index (χ1n) is 6.01. The van der Waals surface area contributed by atoms with E-state index in [1.807, 2.05) is 12.4 Å². The second-order valence-corrected chi connectivity index (χ2v) is 4.02. The first-order chi connectivity index (χ1) is 7.34. The van der Waals surface area contributed by atoms with E-state index in [2.05, 4.69) is 28.8 Å². The van der Waals surface area contributed by atoms with E-state index in [0.717, 1.165) is 19.5 Å². The summed E-state index contributed by atoms with van der Waals surface area (Å²) in [4.78, 5) is 4.31. The van der Waals surface area contributed by atoms with Crippen molar-refractivity contribution >= 4 is 0 Å². The van der Waals surface area contributed by atoms with Gasteiger partial charge in [0.05, 0.1) is 0 Å². The molecule has 0 aromatic carbocycles. The van der Waals surface area contributed by atoms with Crippen LogP contribution in [0.2, 0.25) is 0 Å². The average molecular weight is 209 g/mol. The predicted molar refractivity (Wildman–Crippen MR) is 63.9 cm³/mol. The molecule has 15 heavy (non-hydrogen) atoms. The van der Waals surface area contributed by atoms with Crippen LogP contribution >= 0.6 is 0 Å². The third-order valence-corrected chi connectivity index (χ3v) is 2.60. The van der Waals surface area contributed by atoms with Crippen LogP contribution in [0.4, 0.5) is 0 Å². The van der Waals surface area contributed by atoms with Crippen molar-refractivity contribution in [3.8, 4) is 0 Å². The fourth-order valence-corrected chi connectivity index (χ4v) is 1.65. The highest BCUT2D eigenvalue weighted by molar-refractivity contribution is 4.90. The molecule has 3 nitrogen and oxygen atoms in total. The fourth-order valence-electron chi connectivity index (χ4n) is 1.65. The van der Waals surface area contributed by atoms with Crippen molar-refractivity contribution in [1.82, 2.24) is 14.9 Å². The van der Waals surface area contributed by atoms with Crippen LogP contribution in [0.15, 0.2) is 12.4 Å². The second-order valence-electron chi connectivity index (χ2n) is 4.02. The van der Waals surface area contributed by atoms with Gasteiger partial charge in [-0.1, -0.05) is 13.3 Å². The third-order valence-electron chi connectivity index (χ3n) is 2.60. The van der Waals surface area contributed by atoms with E-state index in [9.17, 15) is 0 Å². The molecule has 0 saturated carbocycles. The number of hydrogen-bond donors (Lipinski definition) is 1. The Morgan fingerprint density at radius 3 is 2.80 bits per heavy atom. The summed E-state index contributed by atoms with van der Waals surface area (Å²) in [5, 5.41) is 3.42. The van der Waals surface area contributed by atoms with Gasteiger partial charge in [0, 0.05) is 25.9 Å². The third kappa shape index (κ3) is 4.98. The van der Waals surface area contributed by atoms with E-state index in [1.54, 1.807) is 0 Å². The number of aromatic nitrogens is 2. The summed E-state index contributed by atoms with van der Waals surface area (Å²) >= 11 is 0. The Bertz CT molecular complexity index is 255. The molecule has 1 aromatic heterocycles. The molecule has 0 bridgehead atoms. The van der Waals surface area contributed by atoms with E-state index in [1.165, 1.54) is 31.5 Å². The Hall–Kier alpha value is -0.830. The lowest BCUT2D eigenvalue weighted by Gasteiger charge is -2.03. The molecular weight excluding hydrogens is 186 g/mol. The largest absolute Gasteiger partial charge is 0.338 e. The van der Waals surface area contributed by atoms with Gasteiger partial charge in [-0.2, -0.15) is 0 Å². The molecule has 0 aliphatic carbocycles. The number of hydrogen-bond acceptors (Lipinski definition) is 2. The number of nitrogens with one attached hydrogen (secondary N) is 1. The van der Waals surface area contributed by atoms with Gasteiger partial charge in [0.25, 0.3) is 0 Å². The van der Waals surface area contributed by atoms with E-state index in [4.69, 9.17) is 0 Å². The van der Waals surface area contributed by atoms with Crippen LogP contribution in [0.25, 0.3) is 0 Å². The summed E-state index contributed by atoms with van der Waals surface area (Å²) in [6.07, 6.45) is 10.0. The van der Waals surface area contributed by atoms with Crippen molar-refractivity contribution in [2.75, 3.05) is 13.1 Å². The van der Waals surface area contributed by atoms with Crippen LogP contribution in [0, 0.1) is 0 Å².